The van der Waals surface area contributed by atoms with Gasteiger partial charge in [0.2, 0.25) is 0 Å². The molecule has 1 aliphatic heterocycles. The molecular weight excluding hydrogens is 318 g/mol. The van der Waals surface area contributed by atoms with E-state index in [1.807, 2.05) is 19.9 Å². The predicted octanol–water partition coefficient (Wildman–Crippen LogP) is 2.61. The SMILES string of the molecule is Cc1cc(C[C@@H]2COC[C@@H]2Nc2ncnc3nc(C)cc(C)c23)on1. The fourth-order valence-corrected chi connectivity index (χ4v) is 3.42. The monoisotopic (exact) mass is 339 g/mol. The van der Waals surface area contributed by atoms with Gasteiger partial charge >= 0.3 is 0 Å². The zero-order valence-corrected chi connectivity index (χ0v) is 14.6. The van der Waals surface area contributed by atoms with E-state index in [0.29, 0.717) is 19.1 Å². The fourth-order valence-electron chi connectivity index (χ4n) is 3.42. The van der Waals surface area contributed by atoms with Gasteiger partial charge in [-0.1, -0.05) is 5.16 Å². The van der Waals surface area contributed by atoms with Crippen LogP contribution in [0.2, 0.25) is 0 Å². The van der Waals surface area contributed by atoms with Crippen LogP contribution >= 0.6 is 0 Å². The third-order valence-electron chi connectivity index (χ3n) is 4.59. The summed E-state index contributed by atoms with van der Waals surface area (Å²) in [6.45, 7) is 7.30. The molecule has 0 spiro atoms. The summed E-state index contributed by atoms with van der Waals surface area (Å²) in [5.74, 6) is 2.00. The molecule has 1 fully saturated rings. The molecule has 7 heteroatoms. The van der Waals surface area contributed by atoms with Crippen LogP contribution in [0.25, 0.3) is 11.0 Å². The van der Waals surface area contributed by atoms with Crippen molar-refractivity contribution in [2.24, 2.45) is 5.92 Å². The molecule has 0 aliphatic carbocycles. The van der Waals surface area contributed by atoms with E-state index in [1.165, 1.54) is 0 Å². The highest BCUT2D eigenvalue weighted by Gasteiger charge is 2.30. The second-order valence-corrected chi connectivity index (χ2v) is 6.69. The van der Waals surface area contributed by atoms with Crippen molar-refractivity contribution in [1.29, 1.82) is 0 Å². The van der Waals surface area contributed by atoms with E-state index in [0.717, 1.165) is 46.0 Å². The Balaban J connectivity index is 1.60. The van der Waals surface area contributed by atoms with Crippen molar-refractivity contribution >= 4 is 16.9 Å². The molecular formula is C18H21N5O2. The van der Waals surface area contributed by atoms with Gasteiger partial charge in [-0.3, -0.25) is 0 Å². The van der Waals surface area contributed by atoms with E-state index in [1.54, 1.807) is 6.33 Å². The number of hydrogen-bond donors (Lipinski definition) is 1. The molecule has 3 aromatic rings. The van der Waals surface area contributed by atoms with E-state index in [-0.39, 0.29) is 6.04 Å². The molecule has 0 radical (unpaired) electrons. The molecule has 4 rings (SSSR count). The highest BCUT2D eigenvalue weighted by molar-refractivity contribution is 5.89. The number of pyridine rings is 1. The number of nitrogens with zero attached hydrogens (tertiary/aromatic N) is 4. The molecule has 2 atom stereocenters. The Morgan fingerprint density at radius 3 is 2.80 bits per heavy atom. The largest absolute Gasteiger partial charge is 0.379 e. The summed E-state index contributed by atoms with van der Waals surface area (Å²) >= 11 is 0. The average molecular weight is 339 g/mol. The summed E-state index contributed by atoms with van der Waals surface area (Å²) in [6, 6.07) is 4.19. The van der Waals surface area contributed by atoms with Crippen LogP contribution in [-0.4, -0.2) is 39.4 Å². The maximum Gasteiger partial charge on any atom is 0.165 e. The number of anilines is 1. The van der Waals surface area contributed by atoms with Crippen LogP contribution in [0.15, 0.2) is 23.0 Å². The molecule has 25 heavy (non-hydrogen) atoms. The maximum atomic E-state index is 5.70. The van der Waals surface area contributed by atoms with Crippen LogP contribution in [0.5, 0.6) is 0 Å². The smallest absolute Gasteiger partial charge is 0.165 e. The lowest BCUT2D eigenvalue weighted by Crippen LogP contribution is -2.29. The molecule has 0 bridgehead atoms. The van der Waals surface area contributed by atoms with E-state index >= 15 is 0 Å². The minimum absolute atomic E-state index is 0.157. The maximum absolute atomic E-state index is 5.70. The van der Waals surface area contributed by atoms with Crippen molar-refractivity contribution in [3.8, 4) is 0 Å². The van der Waals surface area contributed by atoms with Crippen LogP contribution in [0.1, 0.15) is 22.7 Å². The van der Waals surface area contributed by atoms with E-state index in [4.69, 9.17) is 9.26 Å². The van der Waals surface area contributed by atoms with Crippen molar-refractivity contribution in [3.63, 3.8) is 0 Å². The highest BCUT2D eigenvalue weighted by Crippen LogP contribution is 2.27. The number of aromatic nitrogens is 4. The van der Waals surface area contributed by atoms with Gasteiger partial charge in [0.25, 0.3) is 0 Å². The molecule has 7 nitrogen and oxygen atoms in total. The van der Waals surface area contributed by atoms with Crippen molar-refractivity contribution in [1.82, 2.24) is 20.1 Å². The van der Waals surface area contributed by atoms with Gasteiger partial charge in [0, 0.05) is 24.1 Å². The van der Waals surface area contributed by atoms with E-state index in [2.05, 4.69) is 38.4 Å². The molecule has 1 aliphatic rings. The lowest BCUT2D eigenvalue weighted by molar-refractivity contribution is 0.183. The molecule has 4 heterocycles. The quantitative estimate of drug-likeness (QED) is 0.782. The molecule has 0 aromatic carbocycles. The number of fused-ring (bicyclic) bond motifs is 1. The van der Waals surface area contributed by atoms with Crippen LogP contribution in [0.4, 0.5) is 5.82 Å². The van der Waals surface area contributed by atoms with Gasteiger partial charge in [-0.25, -0.2) is 15.0 Å². The summed E-state index contributed by atoms with van der Waals surface area (Å²) in [7, 11) is 0. The number of ether oxygens (including phenoxy) is 1. The number of aryl methyl sites for hydroxylation is 3. The van der Waals surface area contributed by atoms with Gasteiger partial charge in [0.15, 0.2) is 5.65 Å². The number of rotatable bonds is 4. The predicted molar refractivity (Wildman–Crippen MR) is 93.5 cm³/mol. The standard InChI is InChI=1S/C18H21N5O2/c1-10-4-11(2)21-17-16(10)18(20-9-19-17)22-15-8-24-7-13(15)6-14-5-12(3)23-25-14/h4-5,9,13,15H,6-8H2,1-3H3,(H,19,20,21,22)/t13-,15+/m1/s1. The Bertz CT molecular complexity index is 908. The lowest BCUT2D eigenvalue weighted by atomic mass is 9.98. The molecule has 0 unspecified atom stereocenters. The molecule has 1 saturated heterocycles. The average Bonchev–Trinajstić information content (AvgIpc) is 3.16. The third kappa shape index (κ3) is 3.19. The van der Waals surface area contributed by atoms with Gasteiger partial charge in [-0.2, -0.15) is 0 Å². The molecule has 0 amide bonds. The van der Waals surface area contributed by atoms with Crippen molar-refractivity contribution in [2.75, 3.05) is 18.5 Å². The van der Waals surface area contributed by atoms with Crippen LogP contribution in [-0.2, 0) is 11.2 Å². The van der Waals surface area contributed by atoms with Crippen LogP contribution < -0.4 is 5.32 Å². The number of nitrogens with one attached hydrogen (secondary N) is 1. The molecule has 3 aromatic heterocycles. The first-order chi connectivity index (χ1) is 12.1. The Morgan fingerprint density at radius 2 is 2.00 bits per heavy atom. The van der Waals surface area contributed by atoms with Crippen LogP contribution in [0.3, 0.4) is 0 Å². The molecule has 130 valence electrons. The lowest BCUT2D eigenvalue weighted by Gasteiger charge is -2.20. The fraction of sp³-hybridized carbons (Fsp3) is 0.444. The van der Waals surface area contributed by atoms with E-state index in [9.17, 15) is 0 Å². The first-order valence-electron chi connectivity index (χ1n) is 8.45. The normalized spacial score (nSPS) is 20.3. The Hall–Kier alpha value is -2.54. The van der Waals surface area contributed by atoms with Gasteiger partial charge in [-0.15, -0.1) is 0 Å². The number of hydrogen-bond acceptors (Lipinski definition) is 7. The first-order valence-corrected chi connectivity index (χ1v) is 8.45. The van der Waals surface area contributed by atoms with Crippen molar-refractivity contribution in [3.05, 3.63) is 41.2 Å². The second-order valence-electron chi connectivity index (χ2n) is 6.69. The summed E-state index contributed by atoms with van der Waals surface area (Å²) < 4.78 is 11.1. The minimum atomic E-state index is 0.157. The van der Waals surface area contributed by atoms with Crippen molar-refractivity contribution < 1.29 is 9.26 Å². The first kappa shape index (κ1) is 16.0. The summed E-state index contributed by atoms with van der Waals surface area (Å²) in [5.41, 5.74) is 3.69. The second kappa shape index (κ2) is 6.40. The van der Waals surface area contributed by atoms with Crippen LogP contribution in [0, 0.1) is 26.7 Å². The highest BCUT2D eigenvalue weighted by atomic mass is 16.5. The Morgan fingerprint density at radius 1 is 1.12 bits per heavy atom. The van der Waals surface area contributed by atoms with Gasteiger partial charge in [0.1, 0.15) is 17.9 Å². The Labute approximate surface area is 145 Å². The summed E-state index contributed by atoms with van der Waals surface area (Å²) in [4.78, 5) is 13.3. The Kier molecular flexibility index (Phi) is 4.09. The topological polar surface area (TPSA) is 86.0 Å². The van der Waals surface area contributed by atoms with Gasteiger partial charge in [-0.05, 0) is 32.4 Å². The van der Waals surface area contributed by atoms with Crippen molar-refractivity contribution in [2.45, 2.75) is 33.2 Å². The third-order valence-corrected chi connectivity index (χ3v) is 4.59. The van der Waals surface area contributed by atoms with E-state index < -0.39 is 0 Å². The summed E-state index contributed by atoms with van der Waals surface area (Å²) in [5, 5.41) is 8.47. The zero-order valence-electron chi connectivity index (χ0n) is 14.6. The molecule has 0 saturated carbocycles. The zero-order chi connectivity index (χ0) is 17.4. The summed E-state index contributed by atoms with van der Waals surface area (Å²) in [6.07, 6.45) is 2.35. The minimum Gasteiger partial charge on any atom is -0.379 e. The van der Waals surface area contributed by atoms with Gasteiger partial charge < -0.3 is 14.6 Å². The molecule has 1 N–H and O–H groups in total. The van der Waals surface area contributed by atoms with Gasteiger partial charge in [0.05, 0.1) is 30.3 Å².